The predicted octanol–water partition coefficient (Wildman–Crippen LogP) is 1.82. The lowest BCUT2D eigenvalue weighted by molar-refractivity contribution is 0.146. The van der Waals surface area contributed by atoms with Crippen LogP contribution < -0.4 is 10.2 Å². The Kier molecular flexibility index (Phi) is 6.50. The standard InChI is InChI=1S/C12H19N3OS/c1-3-16-9-5-8-14-12(17)15(2)11-6-4-7-13-10-11/h4,6-7,10H,3,5,8-9H2,1-2H3,(H,14,17). The van der Waals surface area contributed by atoms with Crippen molar-refractivity contribution in [3.63, 3.8) is 0 Å². The van der Waals surface area contributed by atoms with Crippen LogP contribution in [-0.4, -0.2) is 36.9 Å². The van der Waals surface area contributed by atoms with Crippen LogP contribution in [0.15, 0.2) is 24.5 Å². The van der Waals surface area contributed by atoms with Crippen molar-refractivity contribution in [1.82, 2.24) is 10.3 Å². The summed E-state index contributed by atoms with van der Waals surface area (Å²) < 4.78 is 5.25. The summed E-state index contributed by atoms with van der Waals surface area (Å²) in [6.45, 7) is 4.35. The third-order valence-electron chi connectivity index (χ3n) is 2.28. The molecule has 0 aromatic carbocycles. The van der Waals surface area contributed by atoms with E-state index in [1.807, 2.05) is 31.0 Å². The van der Waals surface area contributed by atoms with E-state index >= 15 is 0 Å². The highest BCUT2D eigenvalue weighted by molar-refractivity contribution is 7.80. The lowest BCUT2D eigenvalue weighted by Crippen LogP contribution is -2.37. The van der Waals surface area contributed by atoms with Crippen LogP contribution in [0.4, 0.5) is 5.69 Å². The first-order valence-corrected chi connectivity index (χ1v) is 6.16. The molecule has 0 bridgehead atoms. The van der Waals surface area contributed by atoms with Crippen LogP contribution in [0.2, 0.25) is 0 Å². The van der Waals surface area contributed by atoms with E-state index < -0.39 is 0 Å². The van der Waals surface area contributed by atoms with Crippen LogP contribution in [0, 0.1) is 0 Å². The number of pyridine rings is 1. The van der Waals surface area contributed by atoms with Gasteiger partial charge >= 0.3 is 0 Å². The molecule has 0 radical (unpaired) electrons. The molecule has 1 aromatic heterocycles. The molecule has 0 spiro atoms. The van der Waals surface area contributed by atoms with Gasteiger partial charge in [0.25, 0.3) is 0 Å². The first-order chi connectivity index (χ1) is 8.25. The van der Waals surface area contributed by atoms with Gasteiger partial charge in [-0.15, -0.1) is 0 Å². The minimum absolute atomic E-state index is 0.703. The second-order valence-electron chi connectivity index (χ2n) is 3.55. The number of nitrogens with one attached hydrogen (secondary N) is 1. The molecule has 1 N–H and O–H groups in total. The third-order valence-corrected chi connectivity index (χ3v) is 2.70. The largest absolute Gasteiger partial charge is 0.382 e. The molecule has 1 heterocycles. The van der Waals surface area contributed by atoms with Crippen LogP contribution in [0.5, 0.6) is 0 Å². The maximum atomic E-state index is 5.28. The van der Waals surface area contributed by atoms with Crippen molar-refractivity contribution in [3.8, 4) is 0 Å². The van der Waals surface area contributed by atoms with Gasteiger partial charge in [0.1, 0.15) is 0 Å². The van der Waals surface area contributed by atoms with Gasteiger partial charge in [-0.3, -0.25) is 4.98 Å². The molecule has 0 unspecified atom stereocenters. The number of aromatic nitrogens is 1. The van der Waals surface area contributed by atoms with E-state index in [4.69, 9.17) is 17.0 Å². The molecule has 0 aliphatic heterocycles. The minimum atomic E-state index is 0.703. The maximum Gasteiger partial charge on any atom is 0.173 e. The molecule has 0 amide bonds. The maximum absolute atomic E-state index is 5.28. The summed E-state index contributed by atoms with van der Waals surface area (Å²) in [5, 5.41) is 3.89. The molecule has 4 nitrogen and oxygen atoms in total. The van der Waals surface area contributed by atoms with Crippen LogP contribution in [-0.2, 0) is 4.74 Å². The number of anilines is 1. The zero-order valence-electron chi connectivity index (χ0n) is 10.3. The smallest absolute Gasteiger partial charge is 0.173 e. The summed E-state index contributed by atoms with van der Waals surface area (Å²) in [5.74, 6) is 0. The van der Waals surface area contributed by atoms with E-state index in [9.17, 15) is 0 Å². The van der Waals surface area contributed by atoms with Gasteiger partial charge in [0.15, 0.2) is 5.11 Å². The van der Waals surface area contributed by atoms with Crippen molar-refractivity contribution in [2.45, 2.75) is 13.3 Å². The quantitative estimate of drug-likeness (QED) is 0.618. The number of thiocarbonyl (C=S) groups is 1. The molecular weight excluding hydrogens is 234 g/mol. The van der Waals surface area contributed by atoms with Crippen molar-refractivity contribution in [3.05, 3.63) is 24.5 Å². The fourth-order valence-electron chi connectivity index (χ4n) is 1.30. The second-order valence-corrected chi connectivity index (χ2v) is 3.94. The molecule has 94 valence electrons. The summed E-state index contributed by atoms with van der Waals surface area (Å²) in [4.78, 5) is 5.97. The molecule has 5 heteroatoms. The zero-order chi connectivity index (χ0) is 12.5. The topological polar surface area (TPSA) is 37.4 Å². The molecule has 1 aromatic rings. The van der Waals surface area contributed by atoms with Gasteiger partial charge in [0, 0.05) is 33.0 Å². The number of rotatable bonds is 6. The molecule has 0 saturated carbocycles. The Morgan fingerprint density at radius 2 is 2.41 bits per heavy atom. The van der Waals surface area contributed by atoms with Crippen LogP contribution in [0.25, 0.3) is 0 Å². The van der Waals surface area contributed by atoms with Gasteiger partial charge in [0.05, 0.1) is 11.9 Å². The highest BCUT2D eigenvalue weighted by Crippen LogP contribution is 2.08. The summed E-state index contributed by atoms with van der Waals surface area (Å²) in [6, 6.07) is 3.87. The minimum Gasteiger partial charge on any atom is -0.382 e. The van der Waals surface area contributed by atoms with E-state index in [1.165, 1.54) is 0 Å². The molecule has 0 saturated heterocycles. The summed E-state index contributed by atoms with van der Waals surface area (Å²) >= 11 is 5.28. The van der Waals surface area contributed by atoms with E-state index in [2.05, 4.69) is 10.3 Å². The Bertz CT molecular complexity index is 332. The predicted molar refractivity (Wildman–Crippen MR) is 74.4 cm³/mol. The van der Waals surface area contributed by atoms with Crippen molar-refractivity contribution in [2.24, 2.45) is 0 Å². The molecule has 0 atom stereocenters. The fourth-order valence-corrected chi connectivity index (χ4v) is 1.51. The highest BCUT2D eigenvalue weighted by atomic mass is 32.1. The molecule has 1 rings (SSSR count). The van der Waals surface area contributed by atoms with Crippen molar-refractivity contribution < 1.29 is 4.74 Å². The lowest BCUT2D eigenvalue weighted by atomic mass is 10.4. The Morgan fingerprint density at radius 1 is 1.59 bits per heavy atom. The van der Waals surface area contributed by atoms with Gasteiger partial charge in [-0.05, 0) is 37.7 Å². The third kappa shape index (κ3) is 5.10. The van der Waals surface area contributed by atoms with E-state index in [1.54, 1.807) is 12.4 Å². The molecule has 0 aliphatic rings. The Balaban J connectivity index is 2.28. The van der Waals surface area contributed by atoms with Crippen molar-refractivity contribution in [1.29, 1.82) is 0 Å². The van der Waals surface area contributed by atoms with E-state index in [-0.39, 0.29) is 0 Å². The van der Waals surface area contributed by atoms with Crippen LogP contribution in [0.1, 0.15) is 13.3 Å². The number of ether oxygens (including phenoxy) is 1. The Hall–Kier alpha value is -1.20. The van der Waals surface area contributed by atoms with Crippen LogP contribution in [0.3, 0.4) is 0 Å². The number of nitrogens with zero attached hydrogens (tertiary/aromatic N) is 2. The highest BCUT2D eigenvalue weighted by Gasteiger charge is 2.05. The first kappa shape index (κ1) is 13.9. The van der Waals surface area contributed by atoms with Crippen molar-refractivity contribution >= 4 is 23.0 Å². The van der Waals surface area contributed by atoms with E-state index in [0.717, 1.165) is 31.9 Å². The summed E-state index contributed by atoms with van der Waals surface area (Å²) in [7, 11) is 1.93. The van der Waals surface area contributed by atoms with Gasteiger partial charge < -0.3 is 15.0 Å². The van der Waals surface area contributed by atoms with E-state index in [0.29, 0.717) is 5.11 Å². The fraction of sp³-hybridized carbons (Fsp3) is 0.500. The molecular formula is C12H19N3OS. The van der Waals surface area contributed by atoms with Crippen molar-refractivity contribution in [2.75, 3.05) is 31.7 Å². The summed E-state index contributed by atoms with van der Waals surface area (Å²) in [6.07, 6.45) is 4.49. The van der Waals surface area contributed by atoms with Gasteiger partial charge in [-0.2, -0.15) is 0 Å². The average molecular weight is 253 g/mol. The van der Waals surface area contributed by atoms with Crippen LogP contribution >= 0.6 is 12.2 Å². The molecule has 0 fully saturated rings. The zero-order valence-corrected chi connectivity index (χ0v) is 11.2. The number of hydrogen-bond donors (Lipinski definition) is 1. The normalized spacial score (nSPS) is 10.0. The van der Waals surface area contributed by atoms with Gasteiger partial charge in [-0.1, -0.05) is 0 Å². The Labute approximate surface area is 108 Å². The molecule has 17 heavy (non-hydrogen) atoms. The summed E-state index contributed by atoms with van der Waals surface area (Å²) in [5.41, 5.74) is 0.981. The van der Waals surface area contributed by atoms with Gasteiger partial charge in [-0.25, -0.2) is 0 Å². The second kappa shape index (κ2) is 7.97. The van der Waals surface area contributed by atoms with Gasteiger partial charge in [0.2, 0.25) is 0 Å². The average Bonchev–Trinajstić information content (AvgIpc) is 2.38. The lowest BCUT2D eigenvalue weighted by Gasteiger charge is -2.20. The monoisotopic (exact) mass is 253 g/mol. The first-order valence-electron chi connectivity index (χ1n) is 5.75. The SMILES string of the molecule is CCOCCCNC(=S)N(C)c1cccnc1. The Morgan fingerprint density at radius 3 is 3.06 bits per heavy atom. The molecule has 0 aliphatic carbocycles. The number of hydrogen-bond acceptors (Lipinski definition) is 3.